The quantitative estimate of drug-likeness (QED) is 0.546. The van der Waals surface area contributed by atoms with Gasteiger partial charge in [0.05, 0.1) is 5.69 Å². The highest BCUT2D eigenvalue weighted by Crippen LogP contribution is 2.26. The van der Waals surface area contributed by atoms with Gasteiger partial charge in [-0.2, -0.15) is 5.10 Å². The van der Waals surface area contributed by atoms with E-state index in [2.05, 4.69) is 63.8 Å². The summed E-state index contributed by atoms with van der Waals surface area (Å²) in [4.78, 5) is 4.07. The van der Waals surface area contributed by atoms with E-state index in [4.69, 9.17) is 0 Å². The van der Waals surface area contributed by atoms with E-state index in [-0.39, 0.29) is 7.43 Å². The van der Waals surface area contributed by atoms with Gasteiger partial charge in [0.15, 0.2) is 5.82 Å². The van der Waals surface area contributed by atoms with Crippen LogP contribution < -0.4 is 5.32 Å². The molecular weight excluding hydrogens is 320 g/mol. The molecule has 0 unspecified atom stereocenters. The molecule has 0 aliphatic rings. The molecule has 0 fully saturated rings. The molecule has 26 heavy (non-hydrogen) atoms. The Hall–Kier alpha value is -3.27. The summed E-state index contributed by atoms with van der Waals surface area (Å²) in [5, 5.41) is 14.5. The van der Waals surface area contributed by atoms with E-state index in [1.807, 2.05) is 24.3 Å². The van der Waals surface area contributed by atoms with Crippen molar-refractivity contribution in [2.24, 2.45) is 0 Å². The summed E-state index contributed by atoms with van der Waals surface area (Å²) < 4.78 is 0. The van der Waals surface area contributed by atoms with Gasteiger partial charge in [-0.15, -0.1) is 5.10 Å². The van der Waals surface area contributed by atoms with E-state index in [1.54, 1.807) is 12.4 Å². The molecule has 0 radical (unpaired) electrons. The van der Waals surface area contributed by atoms with Crippen LogP contribution in [0.1, 0.15) is 24.2 Å². The van der Waals surface area contributed by atoms with Crippen molar-refractivity contribution >= 4 is 22.3 Å². The van der Waals surface area contributed by atoms with Crippen LogP contribution in [0.2, 0.25) is 0 Å². The number of nitrogens with zero attached hydrogens (tertiary/aromatic N) is 3. The van der Waals surface area contributed by atoms with Crippen LogP contribution in [0.3, 0.4) is 0 Å². The smallest absolute Gasteiger partial charge is 0.160 e. The zero-order valence-electron chi connectivity index (χ0n) is 14.0. The molecule has 0 bridgehead atoms. The van der Waals surface area contributed by atoms with Crippen molar-refractivity contribution in [3.8, 4) is 0 Å². The molecule has 0 amide bonds. The van der Waals surface area contributed by atoms with E-state index in [0.717, 1.165) is 34.4 Å². The van der Waals surface area contributed by atoms with Crippen molar-refractivity contribution in [2.45, 2.75) is 20.8 Å². The fourth-order valence-electron chi connectivity index (χ4n) is 2.85. The molecular formula is C22H22N4. The predicted molar refractivity (Wildman–Crippen MR) is 108 cm³/mol. The maximum Gasteiger partial charge on any atom is 0.160 e. The maximum atomic E-state index is 4.48. The lowest BCUT2D eigenvalue weighted by Gasteiger charge is -2.11. The number of rotatable bonds is 4. The topological polar surface area (TPSA) is 50.7 Å². The van der Waals surface area contributed by atoms with Crippen molar-refractivity contribution in [3.05, 3.63) is 89.9 Å². The average molecular weight is 342 g/mol. The number of aromatic nitrogens is 3. The summed E-state index contributed by atoms with van der Waals surface area (Å²) in [6, 6.07) is 20.5. The van der Waals surface area contributed by atoms with Crippen LogP contribution >= 0.6 is 0 Å². The van der Waals surface area contributed by atoms with E-state index >= 15 is 0 Å². The largest absolute Gasteiger partial charge is 0.338 e. The second-order valence-electron chi connectivity index (χ2n) is 6.06. The van der Waals surface area contributed by atoms with Gasteiger partial charge in [-0.3, -0.25) is 4.98 Å². The molecule has 0 aliphatic carbocycles. The van der Waals surface area contributed by atoms with Gasteiger partial charge >= 0.3 is 0 Å². The first-order valence-corrected chi connectivity index (χ1v) is 8.26. The molecule has 0 aliphatic heterocycles. The number of benzene rings is 2. The second-order valence-corrected chi connectivity index (χ2v) is 6.06. The summed E-state index contributed by atoms with van der Waals surface area (Å²) in [6.45, 7) is 2.08. The van der Waals surface area contributed by atoms with Crippen LogP contribution in [-0.2, 0) is 6.42 Å². The Kier molecular flexibility index (Phi) is 5.23. The van der Waals surface area contributed by atoms with Crippen molar-refractivity contribution < 1.29 is 0 Å². The minimum Gasteiger partial charge on any atom is -0.338 e. The lowest BCUT2D eigenvalue weighted by molar-refractivity contribution is 0.960. The fourth-order valence-corrected chi connectivity index (χ4v) is 2.85. The van der Waals surface area contributed by atoms with Crippen LogP contribution in [0.5, 0.6) is 0 Å². The number of hydrogen-bond donors (Lipinski definition) is 1. The highest BCUT2D eigenvalue weighted by Gasteiger charge is 2.10. The Morgan fingerprint density at radius 3 is 2.23 bits per heavy atom. The van der Waals surface area contributed by atoms with Crippen LogP contribution in [0.25, 0.3) is 10.8 Å². The first-order valence-electron chi connectivity index (χ1n) is 8.26. The Labute approximate surface area is 154 Å². The van der Waals surface area contributed by atoms with Crippen LogP contribution in [0.4, 0.5) is 11.5 Å². The summed E-state index contributed by atoms with van der Waals surface area (Å²) in [5.41, 5.74) is 4.38. The van der Waals surface area contributed by atoms with Crippen LogP contribution in [-0.4, -0.2) is 15.2 Å². The fraction of sp³-hybridized carbons (Fsp3) is 0.136. The Bertz CT molecular complexity index is 995. The van der Waals surface area contributed by atoms with Crippen molar-refractivity contribution in [3.63, 3.8) is 0 Å². The molecule has 4 aromatic rings. The Balaban J connectivity index is 0.00000196. The number of nitrogens with one attached hydrogen (secondary N) is 1. The molecule has 130 valence electrons. The molecule has 1 N–H and O–H groups in total. The zero-order valence-corrected chi connectivity index (χ0v) is 14.0. The standard InChI is InChI=1S/C21H18N4.CH4/c1-15-6-8-17(9-7-15)23-21-19-5-3-2-4-18(19)20(24-25-21)14-16-10-12-22-13-11-16;/h2-13H,14H2,1H3,(H,23,25);1H4. The van der Waals surface area contributed by atoms with Gasteiger partial charge in [0.25, 0.3) is 0 Å². The van der Waals surface area contributed by atoms with Gasteiger partial charge < -0.3 is 5.32 Å². The molecule has 4 rings (SSSR count). The normalized spacial score (nSPS) is 10.3. The lowest BCUT2D eigenvalue weighted by Crippen LogP contribution is -2.02. The number of fused-ring (bicyclic) bond motifs is 1. The SMILES string of the molecule is C.Cc1ccc(Nc2nnc(Cc3ccncc3)c3ccccc23)cc1. The minimum absolute atomic E-state index is 0. The monoisotopic (exact) mass is 342 g/mol. The molecule has 4 nitrogen and oxygen atoms in total. The highest BCUT2D eigenvalue weighted by atomic mass is 15.2. The van der Waals surface area contributed by atoms with Crippen LogP contribution in [0.15, 0.2) is 73.1 Å². The Morgan fingerprint density at radius 1 is 0.808 bits per heavy atom. The molecule has 2 aromatic heterocycles. The van der Waals surface area contributed by atoms with Crippen molar-refractivity contribution in [1.29, 1.82) is 0 Å². The van der Waals surface area contributed by atoms with Gasteiger partial charge in [-0.05, 0) is 36.8 Å². The molecule has 0 saturated carbocycles. The van der Waals surface area contributed by atoms with E-state index in [9.17, 15) is 0 Å². The lowest BCUT2D eigenvalue weighted by atomic mass is 10.0. The third kappa shape index (κ3) is 3.70. The molecule has 2 heterocycles. The molecule has 0 saturated heterocycles. The van der Waals surface area contributed by atoms with Gasteiger partial charge in [0.1, 0.15) is 0 Å². The summed E-state index contributed by atoms with van der Waals surface area (Å²) in [5.74, 6) is 0.776. The first kappa shape index (κ1) is 17.5. The minimum atomic E-state index is 0. The predicted octanol–water partition coefficient (Wildman–Crippen LogP) is 5.30. The van der Waals surface area contributed by atoms with Gasteiger partial charge in [0.2, 0.25) is 0 Å². The summed E-state index contributed by atoms with van der Waals surface area (Å²) in [7, 11) is 0. The van der Waals surface area contributed by atoms with Gasteiger partial charge in [-0.25, -0.2) is 0 Å². The summed E-state index contributed by atoms with van der Waals surface area (Å²) in [6.07, 6.45) is 4.34. The molecule has 0 atom stereocenters. The first-order chi connectivity index (χ1) is 12.3. The summed E-state index contributed by atoms with van der Waals surface area (Å²) >= 11 is 0. The molecule has 4 heteroatoms. The highest BCUT2D eigenvalue weighted by molar-refractivity contribution is 5.94. The molecule has 0 spiro atoms. The maximum absolute atomic E-state index is 4.48. The average Bonchev–Trinajstić information content (AvgIpc) is 2.66. The molecule has 2 aromatic carbocycles. The van der Waals surface area contributed by atoms with E-state index in [0.29, 0.717) is 0 Å². The number of hydrogen-bond acceptors (Lipinski definition) is 4. The number of aryl methyl sites for hydroxylation is 1. The van der Waals surface area contributed by atoms with E-state index < -0.39 is 0 Å². The third-order valence-corrected chi connectivity index (χ3v) is 4.20. The number of pyridine rings is 1. The van der Waals surface area contributed by atoms with Gasteiger partial charge in [0, 0.05) is 35.3 Å². The van der Waals surface area contributed by atoms with Gasteiger partial charge in [-0.1, -0.05) is 49.4 Å². The number of anilines is 2. The van der Waals surface area contributed by atoms with E-state index in [1.165, 1.54) is 11.1 Å². The zero-order chi connectivity index (χ0) is 17.1. The van der Waals surface area contributed by atoms with Crippen LogP contribution in [0, 0.1) is 6.92 Å². The van der Waals surface area contributed by atoms with Crippen molar-refractivity contribution in [2.75, 3.05) is 5.32 Å². The Morgan fingerprint density at radius 2 is 1.50 bits per heavy atom. The van der Waals surface area contributed by atoms with Crippen molar-refractivity contribution in [1.82, 2.24) is 15.2 Å². The third-order valence-electron chi connectivity index (χ3n) is 4.20. The second kappa shape index (κ2) is 7.74.